The molecule has 1 aliphatic rings. The lowest BCUT2D eigenvalue weighted by Gasteiger charge is -2.31. The van der Waals surface area contributed by atoms with E-state index < -0.39 is 55.8 Å². The number of ether oxygens (including phenoxy) is 2. The summed E-state index contributed by atoms with van der Waals surface area (Å²) in [7, 11) is 0. The Bertz CT molecular complexity index is 1060. The van der Waals surface area contributed by atoms with Crippen LogP contribution in [0.1, 0.15) is 37.8 Å². The average Bonchev–Trinajstić information content (AvgIpc) is 3.08. The van der Waals surface area contributed by atoms with Crippen LogP contribution in [-0.2, 0) is 14.3 Å². The number of aliphatic carboxylic acids is 1. The fraction of sp³-hybridized carbons (Fsp3) is 0.462. The van der Waals surface area contributed by atoms with Crippen molar-refractivity contribution in [2.75, 3.05) is 26.2 Å². The molecule has 0 unspecified atom stereocenters. The summed E-state index contributed by atoms with van der Waals surface area (Å²) in [5.74, 6) is -1.82. The number of rotatable bonds is 10. The van der Waals surface area contributed by atoms with Crippen molar-refractivity contribution >= 4 is 12.1 Å². The molecule has 202 valence electrons. The second-order valence-corrected chi connectivity index (χ2v) is 9.85. The van der Waals surface area contributed by atoms with Crippen LogP contribution in [0.3, 0.4) is 0 Å². The maximum absolute atomic E-state index is 13.1. The van der Waals surface area contributed by atoms with E-state index in [1.54, 1.807) is 20.8 Å². The Hall–Kier alpha value is -3.15. The Morgan fingerprint density at radius 1 is 1.00 bits per heavy atom. The van der Waals surface area contributed by atoms with Gasteiger partial charge in [0.25, 0.3) is 0 Å². The quantitative estimate of drug-likeness (QED) is 0.404. The monoisotopic (exact) mass is 524 g/mol. The number of aliphatic hydroxyl groups is 1. The number of nitrogens with one attached hydrogen (secondary N) is 1. The summed E-state index contributed by atoms with van der Waals surface area (Å²) in [6.45, 7) is 1.90. The van der Waals surface area contributed by atoms with Gasteiger partial charge in [0.05, 0.1) is 12.1 Å². The third kappa shape index (κ3) is 8.17. The first-order chi connectivity index (χ1) is 17.2. The lowest BCUT2D eigenvalue weighted by atomic mass is 9.98. The van der Waals surface area contributed by atoms with E-state index in [9.17, 15) is 33.0 Å². The number of aliphatic hydroxyl groups excluding tert-OH is 1. The number of carboxylic acid groups (broad SMARTS) is 1. The molecule has 0 bridgehead atoms. The predicted octanol–water partition coefficient (Wildman–Crippen LogP) is 3.98. The number of alkyl halides is 3. The summed E-state index contributed by atoms with van der Waals surface area (Å²) in [4.78, 5) is 24.9. The van der Waals surface area contributed by atoms with Gasteiger partial charge >= 0.3 is 18.2 Å². The van der Waals surface area contributed by atoms with Crippen molar-refractivity contribution in [2.24, 2.45) is 0 Å². The molecule has 0 spiro atoms. The molecule has 2 aromatic rings. The number of carbonyl (C=O) groups is 2. The molecule has 0 aromatic heterocycles. The number of nitrogens with zero attached hydrogens (tertiary/aromatic N) is 1. The average molecular weight is 525 g/mol. The number of alkyl carbamates (subject to hydrolysis) is 1. The van der Waals surface area contributed by atoms with Crippen molar-refractivity contribution in [3.05, 3.63) is 59.7 Å². The van der Waals surface area contributed by atoms with Gasteiger partial charge in [0.15, 0.2) is 6.29 Å². The Balaban J connectivity index is 1.65. The summed E-state index contributed by atoms with van der Waals surface area (Å²) in [5, 5.41) is 21.8. The van der Waals surface area contributed by atoms with E-state index in [1.165, 1.54) is 0 Å². The van der Waals surface area contributed by atoms with Crippen molar-refractivity contribution in [1.82, 2.24) is 10.2 Å². The largest absolute Gasteiger partial charge is 0.480 e. The molecule has 1 amide bonds. The van der Waals surface area contributed by atoms with Crippen molar-refractivity contribution in [3.8, 4) is 11.1 Å². The van der Waals surface area contributed by atoms with E-state index in [0.717, 1.165) is 22.3 Å². The maximum Gasteiger partial charge on any atom is 0.407 e. The summed E-state index contributed by atoms with van der Waals surface area (Å²) >= 11 is 0. The van der Waals surface area contributed by atoms with Gasteiger partial charge in [0, 0.05) is 19.0 Å². The van der Waals surface area contributed by atoms with Crippen molar-refractivity contribution in [2.45, 2.75) is 50.8 Å². The van der Waals surface area contributed by atoms with Gasteiger partial charge in [-0.2, -0.15) is 13.2 Å². The van der Waals surface area contributed by atoms with Crippen LogP contribution >= 0.6 is 0 Å². The van der Waals surface area contributed by atoms with Crippen LogP contribution in [0.15, 0.2) is 48.5 Å². The van der Waals surface area contributed by atoms with Gasteiger partial charge in [0.1, 0.15) is 12.6 Å². The molecule has 0 heterocycles. The molecule has 3 N–H and O–H groups in total. The fourth-order valence-electron chi connectivity index (χ4n) is 4.35. The molecule has 0 aliphatic heterocycles. The smallest absolute Gasteiger partial charge is 0.407 e. The van der Waals surface area contributed by atoms with Crippen LogP contribution in [-0.4, -0.2) is 77.5 Å². The van der Waals surface area contributed by atoms with E-state index in [0.29, 0.717) is 4.90 Å². The Kier molecular flexibility index (Phi) is 8.83. The van der Waals surface area contributed by atoms with Crippen LogP contribution in [0, 0.1) is 0 Å². The molecule has 37 heavy (non-hydrogen) atoms. The van der Waals surface area contributed by atoms with E-state index in [-0.39, 0.29) is 12.5 Å². The minimum atomic E-state index is -4.67. The number of halogens is 3. The number of carbonyl (C=O) groups excluding carboxylic acids is 1. The zero-order valence-electron chi connectivity index (χ0n) is 20.8. The second-order valence-electron chi connectivity index (χ2n) is 9.85. The number of benzene rings is 2. The van der Waals surface area contributed by atoms with E-state index in [1.807, 2.05) is 48.5 Å². The highest BCUT2D eigenvalue weighted by atomic mass is 19.4. The van der Waals surface area contributed by atoms with Crippen molar-refractivity contribution < 1.29 is 42.4 Å². The van der Waals surface area contributed by atoms with Gasteiger partial charge in [-0.3, -0.25) is 4.90 Å². The zero-order valence-corrected chi connectivity index (χ0v) is 20.8. The first-order valence-electron chi connectivity index (χ1n) is 11.7. The third-order valence-electron chi connectivity index (χ3n) is 5.68. The first kappa shape index (κ1) is 28.4. The third-order valence-corrected chi connectivity index (χ3v) is 5.68. The SMILES string of the molecule is CC(C)(C)O[C@H](O)CN(C[C@H](NC(=O)OCC1c2ccccc2-c2ccccc21)C(=O)O)CC(F)(F)F. The Labute approximate surface area is 213 Å². The topological polar surface area (TPSA) is 108 Å². The summed E-state index contributed by atoms with van der Waals surface area (Å²) in [5.41, 5.74) is 3.09. The van der Waals surface area contributed by atoms with Crippen LogP contribution in [0.4, 0.5) is 18.0 Å². The summed E-state index contributed by atoms with van der Waals surface area (Å²) < 4.78 is 49.9. The van der Waals surface area contributed by atoms with E-state index >= 15 is 0 Å². The molecule has 2 aromatic carbocycles. The summed E-state index contributed by atoms with van der Waals surface area (Å²) in [6.07, 6.45) is -7.35. The Morgan fingerprint density at radius 3 is 2.03 bits per heavy atom. The van der Waals surface area contributed by atoms with Crippen LogP contribution < -0.4 is 5.32 Å². The number of hydrogen-bond acceptors (Lipinski definition) is 6. The Morgan fingerprint density at radius 2 is 1.54 bits per heavy atom. The number of hydrogen-bond donors (Lipinski definition) is 3. The van der Waals surface area contributed by atoms with Gasteiger partial charge in [-0.05, 0) is 43.0 Å². The molecule has 0 saturated heterocycles. The molecule has 0 saturated carbocycles. The van der Waals surface area contributed by atoms with Crippen LogP contribution in [0.25, 0.3) is 11.1 Å². The molecular weight excluding hydrogens is 493 g/mol. The van der Waals surface area contributed by atoms with Gasteiger partial charge in [-0.25, -0.2) is 9.59 Å². The molecular formula is C26H31F3N2O6. The van der Waals surface area contributed by atoms with Crippen molar-refractivity contribution in [1.29, 1.82) is 0 Å². The van der Waals surface area contributed by atoms with Gasteiger partial charge in [-0.15, -0.1) is 0 Å². The molecule has 8 nitrogen and oxygen atoms in total. The number of amides is 1. The lowest BCUT2D eigenvalue weighted by Crippen LogP contribution is -2.52. The fourth-order valence-corrected chi connectivity index (χ4v) is 4.35. The van der Waals surface area contributed by atoms with Crippen LogP contribution in [0.2, 0.25) is 0 Å². The standard InChI is InChI=1S/C26H31F3N2O6/c1-25(2,3)37-22(32)13-31(15-26(27,28)29)12-21(23(33)34)30-24(35)36-14-20-18-10-6-4-8-16(18)17-9-5-7-11-19(17)20/h4-11,20-22,32H,12-15H2,1-3H3,(H,30,35)(H,33,34)/t21-,22-/m0/s1. The molecule has 0 radical (unpaired) electrons. The molecule has 0 fully saturated rings. The number of carboxylic acids is 1. The van der Waals surface area contributed by atoms with Crippen molar-refractivity contribution in [3.63, 3.8) is 0 Å². The van der Waals surface area contributed by atoms with Gasteiger partial charge in [-0.1, -0.05) is 48.5 Å². The molecule has 11 heteroatoms. The molecule has 3 rings (SSSR count). The number of fused-ring (bicyclic) bond motifs is 3. The highest BCUT2D eigenvalue weighted by Gasteiger charge is 2.35. The first-order valence-corrected chi connectivity index (χ1v) is 11.7. The normalized spacial score (nSPS) is 15.1. The minimum Gasteiger partial charge on any atom is -0.480 e. The van der Waals surface area contributed by atoms with Gasteiger partial charge in [0.2, 0.25) is 0 Å². The van der Waals surface area contributed by atoms with E-state index in [2.05, 4.69) is 5.32 Å². The predicted molar refractivity (Wildman–Crippen MR) is 129 cm³/mol. The highest BCUT2D eigenvalue weighted by molar-refractivity contribution is 5.81. The minimum absolute atomic E-state index is 0.0867. The van der Waals surface area contributed by atoms with Crippen LogP contribution in [0.5, 0.6) is 0 Å². The molecule has 2 atom stereocenters. The molecule has 1 aliphatic carbocycles. The van der Waals surface area contributed by atoms with E-state index in [4.69, 9.17) is 9.47 Å². The second kappa shape index (κ2) is 11.5. The highest BCUT2D eigenvalue weighted by Crippen LogP contribution is 2.44. The summed E-state index contributed by atoms with van der Waals surface area (Å²) in [6, 6.07) is 13.6. The maximum atomic E-state index is 13.1. The zero-order chi connectivity index (χ0) is 27.4. The van der Waals surface area contributed by atoms with Gasteiger partial charge < -0.3 is 25.0 Å². The lowest BCUT2D eigenvalue weighted by molar-refractivity contribution is -0.191.